The fourth-order valence-electron chi connectivity index (χ4n) is 2.42. The number of hydrogen-bond acceptors (Lipinski definition) is 3. The SMILES string of the molecule is C[C@H](C(=O)Nc1cc(Cl)cc(Cl)c1)[NH+](C)CC(=O)N1CCOCC1. The molecular weight excluding hydrogens is 353 g/mol. The van der Waals surface area contributed by atoms with Crippen molar-refractivity contribution in [1.29, 1.82) is 0 Å². The summed E-state index contributed by atoms with van der Waals surface area (Å²) in [5.41, 5.74) is 0.539. The van der Waals surface area contributed by atoms with Gasteiger partial charge in [0.25, 0.3) is 11.8 Å². The third-order valence-electron chi connectivity index (χ3n) is 4.06. The van der Waals surface area contributed by atoms with Crippen LogP contribution in [0, 0.1) is 0 Å². The van der Waals surface area contributed by atoms with Crippen molar-refractivity contribution in [2.24, 2.45) is 0 Å². The lowest BCUT2D eigenvalue weighted by Crippen LogP contribution is -3.15. The molecule has 2 rings (SSSR count). The van der Waals surface area contributed by atoms with E-state index >= 15 is 0 Å². The Bertz CT molecular complexity index is 586. The van der Waals surface area contributed by atoms with Gasteiger partial charge in [-0.3, -0.25) is 9.59 Å². The van der Waals surface area contributed by atoms with Crippen molar-refractivity contribution in [2.75, 3.05) is 45.2 Å². The Kier molecular flexibility index (Phi) is 6.86. The minimum atomic E-state index is -0.396. The highest BCUT2D eigenvalue weighted by atomic mass is 35.5. The van der Waals surface area contributed by atoms with Gasteiger partial charge >= 0.3 is 0 Å². The quantitative estimate of drug-likeness (QED) is 0.796. The highest BCUT2D eigenvalue weighted by molar-refractivity contribution is 6.35. The molecule has 1 aliphatic rings. The van der Waals surface area contributed by atoms with Crippen LogP contribution < -0.4 is 10.2 Å². The Balaban J connectivity index is 1.90. The van der Waals surface area contributed by atoms with Gasteiger partial charge in [-0.2, -0.15) is 0 Å². The number of nitrogens with one attached hydrogen (secondary N) is 2. The summed E-state index contributed by atoms with van der Waals surface area (Å²) < 4.78 is 5.24. The Morgan fingerprint density at radius 1 is 1.25 bits per heavy atom. The zero-order chi connectivity index (χ0) is 17.7. The molecule has 1 aromatic carbocycles. The molecule has 1 saturated heterocycles. The summed E-state index contributed by atoms with van der Waals surface area (Å²) in [5.74, 6) is -0.165. The zero-order valence-electron chi connectivity index (χ0n) is 13.8. The van der Waals surface area contributed by atoms with Crippen LogP contribution in [0.3, 0.4) is 0 Å². The normalized spacial score (nSPS) is 17.2. The number of carbonyl (C=O) groups is 2. The lowest BCUT2D eigenvalue weighted by Gasteiger charge is -2.28. The molecule has 132 valence electrons. The molecule has 0 aliphatic carbocycles. The standard InChI is InChI=1S/C16H21Cl2N3O3/c1-11(16(23)19-14-8-12(17)7-13(18)9-14)20(2)10-15(22)21-3-5-24-6-4-21/h7-9,11H,3-6,10H2,1-2H3,(H,19,23)/p+1/t11-/m1/s1. The van der Waals surface area contributed by atoms with Gasteiger partial charge in [0.2, 0.25) is 0 Å². The highest BCUT2D eigenvalue weighted by Crippen LogP contribution is 2.22. The Morgan fingerprint density at radius 3 is 2.42 bits per heavy atom. The zero-order valence-corrected chi connectivity index (χ0v) is 15.3. The van der Waals surface area contributed by atoms with Crippen molar-refractivity contribution in [3.8, 4) is 0 Å². The number of ether oxygens (including phenoxy) is 1. The number of benzene rings is 1. The van der Waals surface area contributed by atoms with Crippen molar-refractivity contribution >= 4 is 40.7 Å². The number of anilines is 1. The molecule has 1 aromatic rings. The summed E-state index contributed by atoms with van der Waals surface area (Å²) in [5, 5.41) is 3.69. The number of halogens is 2. The molecule has 2 amide bonds. The van der Waals surface area contributed by atoms with E-state index in [1.807, 2.05) is 7.05 Å². The van der Waals surface area contributed by atoms with Gasteiger partial charge < -0.3 is 19.9 Å². The number of carbonyl (C=O) groups excluding carboxylic acids is 2. The molecule has 0 bridgehead atoms. The predicted octanol–water partition coefficient (Wildman–Crippen LogP) is 0.694. The maximum atomic E-state index is 12.4. The lowest BCUT2D eigenvalue weighted by molar-refractivity contribution is -0.886. The van der Waals surface area contributed by atoms with Crippen LogP contribution in [0.4, 0.5) is 5.69 Å². The third kappa shape index (κ3) is 5.34. The van der Waals surface area contributed by atoms with E-state index in [0.717, 1.165) is 4.90 Å². The Labute approximate surface area is 151 Å². The van der Waals surface area contributed by atoms with Crippen LogP contribution in [-0.4, -0.2) is 62.7 Å². The summed E-state index contributed by atoms with van der Waals surface area (Å²) in [7, 11) is 1.83. The van der Waals surface area contributed by atoms with E-state index < -0.39 is 6.04 Å². The van der Waals surface area contributed by atoms with E-state index in [-0.39, 0.29) is 18.4 Å². The number of nitrogens with zero attached hydrogens (tertiary/aromatic N) is 1. The predicted molar refractivity (Wildman–Crippen MR) is 93.7 cm³/mol. The first kappa shape index (κ1) is 19.0. The number of hydrogen-bond donors (Lipinski definition) is 2. The Morgan fingerprint density at radius 2 is 1.83 bits per heavy atom. The molecule has 1 unspecified atom stereocenters. The molecule has 6 nitrogen and oxygen atoms in total. The molecule has 0 spiro atoms. The van der Waals surface area contributed by atoms with Crippen molar-refractivity contribution in [3.05, 3.63) is 28.2 Å². The second-order valence-corrected chi connectivity index (χ2v) is 6.76. The smallest absolute Gasteiger partial charge is 0.282 e. The maximum Gasteiger partial charge on any atom is 0.282 e. The summed E-state index contributed by atoms with van der Waals surface area (Å²) in [6, 6.07) is 4.46. The first-order valence-electron chi connectivity index (χ1n) is 7.81. The monoisotopic (exact) mass is 374 g/mol. The Hall–Kier alpha value is -1.34. The minimum absolute atomic E-state index is 0.0289. The molecule has 1 aliphatic heterocycles. The molecular formula is C16H22Cl2N3O3+. The van der Waals surface area contributed by atoms with E-state index in [0.29, 0.717) is 42.0 Å². The number of amides is 2. The minimum Gasteiger partial charge on any atom is -0.378 e. The van der Waals surface area contributed by atoms with Crippen LogP contribution in [0.5, 0.6) is 0 Å². The molecule has 0 aromatic heterocycles. The van der Waals surface area contributed by atoms with Gasteiger partial charge in [-0.05, 0) is 25.1 Å². The summed E-state index contributed by atoms with van der Waals surface area (Å²) in [4.78, 5) is 27.2. The number of likely N-dealkylation sites (N-methyl/N-ethyl adjacent to an activating group) is 1. The maximum absolute atomic E-state index is 12.4. The van der Waals surface area contributed by atoms with Crippen LogP contribution in [0.25, 0.3) is 0 Å². The van der Waals surface area contributed by atoms with Gasteiger partial charge in [-0.1, -0.05) is 23.2 Å². The van der Waals surface area contributed by atoms with E-state index in [9.17, 15) is 9.59 Å². The largest absolute Gasteiger partial charge is 0.378 e. The van der Waals surface area contributed by atoms with Crippen molar-refractivity contribution < 1.29 is 19.2 Å². The molecule has 2 N–H and O–H groups in total. The van der Waals surface area contributed by atoms with Crippen LogP contribution in [0.15, 0.2) is 18.2 Å². The van der Waals surface area contributed by atoms with Gasteiger partial charge in [-0.25, -0.2) is 0 Å². The second-order valence-electron chi connectivity index (χ2n) is 5.89. The topological polar surface area (TPSA) is 63.1 Å². The third-order valence-corrected chi connectivity index (χ3v) is 4.49. The van der Waals surface area contributed by atoms with E-state index in [4.69, 9.17) is 27.9 Å². The molecule has 2 atom stereocenters. The van der Waals surface area contributed by atoms with Gasteiger partial charge in [0.15, 0.2) is 12.6 Å². The first-order chi connectivity index (χ1) is 11.4. The van der Waals surface area contributed by atoms with E-state index in [2.05, 4.69) is 5.32 Å². The molecule has 0 saturated carbocycles. The van der Waals surface area contributed by atoms with Gasteiger partial charge in [0.1, 0.15) is 0 Å². The van der Waals surface area contributed by atoms with E-state index in [1.165, 1.54) is 0 Å². The van der Waals surface area contributed by atoms with Gasteiger partial charge in [0.05, 0.1) is 20.3 Å². The summed E-state index contributed by atoms with van der Waals surface area (Å²) in [6.07, 6.45) is 0. The molecule has 1 heterocycles. The van der Waals surface area contributed by atoms with Crippen molar-refractivity contribution in [1.82, 2.24) is 4.90 Å². The van der Waals surface area contributed by atoms with Crippen molar-refractivity contribution in [2.45, 2.75) is 13.0 Å². The van der Waals surface area contributed by atoms with E-state index in [1.54, 1.807) is 30.0 Å². The number of morpholine rings is 1. The highest BCUT2D eigenvalue weighted by Gasteiger charge is 2.27. The first-order valence-corrected chi connectivity index (χ1v) is 8.57. The van der Waals surface area contributed by atoms with Crippen LogP contribution in [0.1, 0.15) is 6.92 Å². The average molecular weight is 375 g/mol. The molecule has 0 radical (unpaired) electrons. The number of rotatable bonds is 5. The van der Waals surface area contributed by atoms with Crippen LogP contribution in [-0.2, 0) is 14.3 Å². The number of quaternary nitrogens is 1. The molecule has 1 fully saturated rings. The fraction of sp³-hybridized carbons (Fsp3) is 0.500. The second kappa shape index (κ2) is 8.67. The summed E-state index contributed by atoms with van der Waals surface area (Å²) in [6.45, 7) is 4.38. The average Bonchev–Trinajstić information content (AvgIpc) is 2.53. The summed E-state index contributed by atoms with van der Waals surface area (Å²) >= 11 is 11.9. The molecule has 8 heteroatoms. The van der Waals surface area contributed by atoms with Crippen molar-refractivity contribution in [3.63, 3.8) is 0 Å². The van der Waals surface area contributed by atoms with Gasteiger partial charge in [0, 0.05) is 28.8 Å². The molecule has 24 heavy (non-hydrogen) atoms. The van der Waals surface area contributed by atoms with Gasteiger partial charge in [-0.15, -0.1) is 0 Å². The fourth-order valence-corrected chi connectivity index (χ4v) is 2.94. The van der Waals surface area contributed by atoms with Crippen LogP contribution >= 0.6 is 23.2 Å². The lowest BCUT2D eigenvalue weighted by atomic mass is 10.2. The van der Waals surface area contributed by atoms with Crippen LogP contribution in [0.2, 0.25) is 10.0 Å².